The van der Waals surface area contributed by atoms with E-state index >= 15 is 0 Å². The Morgan fingerprint density at radius 1 is 1.00 bits per heavy atom. The molecule has 8 heteroatoms. The monoisotopic (exact) mass is 611 g/mol. The van der Waals surface area contributed by atoms with Crippen molar-refractivity contribution >= 4 is 28.8 Å². The summed E-state index contributed by atoms with van der Waals surface area (Å²) in [6.07, 6.45) is 9.98. The number of aromatic nitrogens is 1. The number of Topliss-reactive ketones (excluding diaryl/α,β-unsaturated/α-hetero) is 2. The quantitative estimate of drug-likeness (QED) is 0.182. The summed E-state index contributed by atoms with van der Waals surface area (Å²) in [6.45, 7) is 8.84. The van der Waals surface area contributed by atoms with Crippen LogP contribution < -0.4 is 5.73 Å². The van der Waals surface area contributed by atoms with E-state index in [1.54, 1.807) is 16.2 Å². The molecule has 3 atom stereocenters. The fourth-order valence-electron chi connectivity index (χ4n) is 6.02. The zero-order valence-corrected chi connectivity index (χ0v) is 27.6. The second-order valence-electron chi connectivity index (χ2n) is 13.4. The Morgan fingerprint density at radius 2 is 1.63 bits per heavy atom. The molecule has 1 saturated heterocycles. The number of thiazole rings is 1. The molecule has 0 unspecified atom stereocenters. The number of hydrogen-bond acceptors (Lipinski definition) is 7. The van der Waals surface area contributed by atoms with Gasteiger partial charge in [-0.2, -0.15) is 0 Å². The molecule has 1 aliphatic rings. The van der Waals surface area contributed by atoms with E-state index in [-0.39, 0.29) is 36.9 Å². The topological polar surface area (TPSA) is 114 Å². The van der Waals surface area contributed by atoms with Crippen molar-refractivity contribution in [3.8, 4) is 10.4 Å². The van der Waals surface area contributed by atoms with E-state index in [4.69, 9.17) is 5.73 Å². The highest BCUT2D eigenvalue weighted by Crippen LogP contribution is 2.34. The highest BCUT2D eigenvalue weighted by molar-refractivity contribution is 7.13. The number of carbonyl (C=O) groups is 3. The maximum absolute atomic E-state index is 13.9. The maximum Gasteiger partial charge on any atom is 0.227 e. The molecular weight excluding hydrogens is 558 g/mol. The molecule has 1 aliphatic heterocycles. The van der Waals surface area contributed by atoms with Gasteiger partial charge in [-0.05, 0) is 49.3 Å². The van der Waals surface area contributed by atoms with Gasteiger partial charge < -0.3 is 15.7 Å². The number of benzene rings is 1. The van der Waals surface area contributed by atoms with E-state index < -0.39 is 23.5 Å². The fraction of sp³-hybridized carbons (Fsp3) is 0.657. The first kappa shape index (κ1) is 35.1. The number of aliphatic hydroxyl groups is 1. The Bertz CT molecular complexity index is 1170. The van der Waals surface area contributed by atoms with Gasteiger partial charge >= 0.3 is 0 Å². The molecule has 2 aromatic rings. The van der Waals surface area contributed by atoms with Gasteiger partial charge in [-0.15, -0.1) is 11.3 Å². The Balaban J connectivity index is 1.52. The van der Waals surface area contributed by atoms with Gasteiger partial charge in [-0.1, -0.05) is 83.6 Å². The number of carbonyl (C=O) groups excluding carboxylic acids is 3. The third kappa shape index (κ3) is 10.9. The first-order valence-electron chi connectivity index (χ1n) is 16.2. The average molecular weight is 612 g/mol. The zero-order chi connectivity index (χ0) is 31.4. The predicted octanol–water partition coefficient (Wildman–Crippen LogP) is 6.67. The highest BCUT2D eigenvalue weighted by atomic mass is 32.1. The van der Waals surface area contributed by atoms with Crippen molar-refractivity contribution < 1.29 is 19.5 Å². The molecule has 0 saturated carbocycles. The molecule has 1 aromatic carbocycles. The van der Waals surface area contributed by atoms with Crippen molar-refractivity contribution in [2.24, 2.45) is 17.1 Å². The van der Waals surface area contributed by atoms with Gasteiger partial charge in [-0.3, -0.25) is 14.4 Å². The average Bonchev–Trinajstić information content (AvgIpc) is 3.58. The zero-order valence-electron chi connectivity index (χ0n) is 26.8. The number of aliphatic hydroxyl groups excluding tert-OH is 1. The molecule has 43 heavy (non-hydrogen) atoms. The molecule has 0 radical (unpaired) electrons. The minimum absolute atomic E-state index is 0.0331. The number of amides is 1. The molecule has 0 spiro atoms. The third-order valence-electron chi connectivity index (χ3n) is 8.74. The van der Waals surface area contributed by atoms with Crippen molar-refractivity contribution in [1.82, 2.24) is 9.88 Å². The van der Waals surface area contributed by atoms with Crippen LogP contribution in [0.1, 0.15) is 109 Å². The number of likely N-dealkylation sites (tertiary alicyclic amines) is 1. The van der Waals surface area contributed by atoms with Crippen molar-refractivity contribution in [3.63, 3.8) is 0 Å². The Morgan fingerprint density at radius 3 is 2.21 bits per heavy atom. The Labute approximate surface area is 262 Å². The molecule has 3 rings (SSSR count). The molecule has 238 valence electrons. The largest absolute Gasteiger partial charge is 0.391 e. The molecule has 1 amide bonds. The molecule has 2 heterocycles. The van der Waals surface area contributed by atoms with Crippen LogP contribution in [0.3, 0.4) is 0 Å². The second-order valence-corrected chi connectivity index (χ2v) is 14.2. The molecular formula is C35H53N3O4S. The van der Waals surface area contributed by atoms with E-state index in [1.807, 2.05) is 45.3 Å². The summed E-state index contributed by atoms with van der Waals surface area (Å²) < 4.78 is 0. The van der Waals surface area contributed by atoms with Crippen LogP contribution in [0.2, 0.25) is 0 Å². The summed E-state index contributed by atoms with van der Waals surface area (Å²) in [7, 11) is 0. The lowest BCUT2D eigenvalue weighted by Crippen LogP contribution is -2.47. The van der Waals surface area contributed by atoms with Gasteiger partial charge in [0.05, 0.1) is 28.2 Å². The van der Waals surface area contributed by atoms with Gasteiger partial charge in [-0.25, -0.2) is 4.98 Å². The van der Waals surface area contributed by atoms with Crippen molar-refractivity contribution in [1.29, 1.82) is 0 Å². The predicted molar refractivity (Wildman–Crippen MR) is 175 cm³/mol. The van der Waals surface area contributed by atoms with Crippen molar-refractivity contribution in [2.45, 2.75) is 123 Å². The third-order valence-corrected chi connectivity index (χ3v) is 9.72. The van der Waals surface area contributed by atoms with E-state index in [0.717, 1.165) is 53.9 Å². The van der Waals surface area contributed by atoms with E-state index in [9.17, 15) is 19.5 Å². The lowest BCUT2D eigenvalue weighted by atomic mass is 9.76. The summed E-state index contributed by atoms with van der Waals surface area (Å²) in [4.78, 5) is 47.3. The summed E-state index contributed by atoms with van der Waals surface area (Å²) in [5, 5.41) is 10.5. The first-order valence-corrected chi connectivity index (χ1v) is 17.1. The maximum atomic E-state index is 13.9. The summed E-state index contributed by atoms with van der Waals surface area (Å²) in [5.74, 6) is -0.631. The number of aryl methyl sites for hydroxylation is 2. The molecule has 1 aromatic heterocycles. The second kappa shape index (κ2) is 17.2. The van der Waals surface area contributed by atoms with Crippen LogP contribution in [0.5, 0.6) is 0 Å². The van der Waals surface area contributed by atoms with Crippen LogP contribution in [0.25, 0.3) is 10.4 Å². The van der Waals surface area contributed by atoms with Crippen LogP contribution in [0.15, 0.2) is 29.8 Å². The van der Waals surface area contributed by atoms with Crippen molar-refractivity contribution in [2.75, 3.05) is 13.1 Å². The first-order chi connectivity index (χ1) is 20.5. The number of ketones is 2. The van der Waals surface area contributed by atoms with Gasteiger partial charge in [0, 0.05) is 38.1 Å². The SMILES string of the molecule is Cc1ncsc1-c1ccc(CCC(=O)[C@@H]2C[C@@H](O)CN2C(=O)[C@@H](CC(=O)CCCCCCCCCCN)C(C)(C)C)cc1. The van der Waals surface area contributed by atoms with E-state index in [2.05, 4.69) is 17.1 Å². The number of nitrogens with zero attached hydrogens (tertiary/aromatic N) is 2. The lowest BCUT2D eigenvalue weighted by Gasteiger charge is -2.34. The van der Waals surface area contributed by atoms with Crippen LogP contribution in [0, 0.1) is 18.3 Å². The number of nitrogens with two attached hydrogens (primary N) is 1. The van der Waals surface area contributed by atoms with E-state index in [1.165, 1.54) is 25.7 Å². The van der Waals surface area contributed by atoms with E-state index in [0.29, 0.717) is 19.3 Å². The number of hydrogen-bond donors (Lipinski definition) is 2. The van der Waals surface area contributed by atoms with Crippen molar-refractivity contribution in [3.05, 3.63) is 41.0 Å². The van der Waals surface area contributed by atoms with Crippen LogP contribution >= 0.6 is 11.3 Å². The van der Waals surface area contributed by atoms with Crippen LogP contribution in [-0.4, -0.2) is 57.7 Å². The van der Waals surface area contributed by atoms with Crippen LogP contribution in [0.4, 0.5) is 0 Å². The van der Waals surface area contributed by atoms with Gasteiger partial charge in [0.1, 0.15) is 5.78 Å². The molecule has 0 aliphatic carbocycles. The standard InChI is InChI=1S/C35H53N3O4S/c1-25-33(43-24-37-25)27-17-14-26(15-18-27)16-19-32(41)31-22-29(40)23-38(31)34(42)30(35(2,3)4)21-28(39)13-11-9-7-5-6-8-10-12-20-36/h14-15,17-18,24,29-31,40H,5-13,16,19-23,36H2,1-4H3/t29-,30-,31+/m1/s1. The lowest BCUT2D eigenvalue weighted by molar-refractivity contribution is -0.145. The normalized spacial score (nSPS) is 17.8. The van der Waals surface area contributed by atoms with Gasteiger partial charge in [0.25, 0.3) is 0 Å². The number of β-amino-alcohol motifs (C(OH)–C–C–N with tert-alkyl or cyclic N) is 1. The smallest absolute Gasteiger partial charge is 0.227 e. The minimum Gasteiger partial charge on any atom is -0.391 e. The number of rotatable bonds is 18. The molecule has 7 nitrogen and oxygen atoms in total. The summed E-state index contributed by atoms with van der Waals surface area (Å²) >= 11 is 1.61. The molecule has 0 bridgehead atoms. The van der Waals surface area contributed by atoms with Gasteiger partial charge in [0.2, 0.25) is 5.91 Å². The highest BCUT2D eigenvalue weighted by Gasteiger charge is 2.44. The van der Waals surface area contributed by atoms with Crippen LogP contribution in [-0.2, 0) is 20.8 Å². The summed E-state index contributed by atoms with van der Waals surface area (Å²) in [5.41, 5.74) is 10.1. The molecule has 1 fully saturated rings. The van der Waals surface area contributed by atoms with Gasteiger partial charge in [0.15, 0.2) is 5.78 Å². The minimum atomic E-state index is -0.730. The summed E-state index contributed by atoms with van der Waals surface area (Å²) in [6, 6.07) is 7.56. The number of unbranched alkanes of at least 4 members (excludes halogenated alkanes) is 7. The Hall–Kier alpha value is -2.42. The Kier molecular flexibility index (Phi) is 14.0. The molecule has 3 N–H and O–H groups in total. The fourth-order valence-corrected chi connectivity index (χ4v) is 6.83.